The Balaban J connectivity index is 2.64. The summed E-state index contributed by atoms with van der Waals surface area (Å²) < 4.78 is 5.29. The van der Waals surface area contributed by atoms with Gasteiger partial charge in [-0.05, 0) is 85.1 Å². The van der Waals surface area contributed by atoms with Gasteiger partial charge in [-0.15, -0.1) is 0 Å². The van der Waals surface area contributed by atoms with E-state index >= 15 is 0 Å². The van der Waals surface area contributed by atoms with Gasteiger partial charge < -0.3 is 25.4 Å². The number of anilines is 1. The molecule has 208 valence electrons. The van der Waals surface area contributed by atoms with E-state index in [-0.39, 0.29) is 0 Å². The first-order chi connectivity index (χ1) is 17.5. The van der Waals surface area contributed by atoms with Crippen molar-refractivity contribution in [2.75, 3.05) is 11.9 Å². The third-order valence-corrected chi connectivity index (χ3v) is 6.15. The summed E-state index contributed by atoms with van der Waals surface area (Å²) in [5, 5.41) is 15.9. The second-order valence-electron chi connectivity index (χ2n) is 11.4. The van der Waals surface area contributed by atoms with Crippen LogP contribution in [-0.2, 0) is 14.3 Å². The van der Waals surface area contributed by atoms with Crippen molar-refractivity contribution in [1.29, 1.82) is 0 Å². The number of aryl methyl sites for hydroxylation is 3. The van der Waals surface area contributed by atoms with E-state index in [0.29, 0.717) is 16.3 Å². The van der Waals surface area contributed by atoms with E-state index in [1.165, 1.54) is 4.90 Å². The van der Waals surface area contributed by atoms with Crippen LogP contribution in [0.15, 0.2) is 36.4 Å². The van der Waals surface area contributed by atoms with Gasteiger partial charge in [0.15, 0.2) is 0 Å². The molecule has 0 aliphatic carbocycles. The minimum Gasteiger partial charge on any atom is -0.444 e. The number of ether oxygens (including phenoxy) is 1. The van der Waals surface area contributed by atoms with Gasteiger partial charge >= 0.3 is 6.09 Å². The summed E-state index contributed by atoms with van der Waals surface area (Å²) in [6.07, 6.45) is -0.849. The molecule has 2 unspecified atom stereocenters. The number of halogens is 1. The minimum absolute atomic E-state index is 0.367. The fourth-order valence-electron chi connectivity index (χ4n) is 4.08. The molecule has 0 fully saturated rings. The first-order valence-corrected chi connectivity index (χ1v) is 12.9. The Kier molecular flexibility index (Phi) is 9.97. The van der Waals surface area contributed by atoms with Gasteiger partial charge in [-0.25, -0.2) is 4.79 Å². The SMILES string of the molecule is Cc1ccc(C)c(C(C(=O)Nc2c(C)cccc2Cl)N(C(=O)C(CO)NC(=O)OC(C)(C)C)C(C)(C)C)c1. The quantitative estimate of drug-likeness (QED) is 0.428. The zero-order valence-electron chi connectivity index (χ0n) is 23.7. The Labute approximate surface area is 230 Å². The summed E-state index contributed by atoms with van der Waals surface area (Å²) in [5.74, 6) is -1.12. The molecular weight excluding hydrogens is 506 g/mol. The number of nitrogens with one attached hydrogen (secondary N) is 2. The highest BCUT2D eigenvalue weighted by molar-refractivity contribution is 6.34. The van der Waals surface area contributed by atoms with Crippen LogP contribution in [0.5, 0.6) is 0 Å². The predicted octanol–water partition coefficient (Wildman–Crippen LogP) is 5.46. The van der Waals surface area contributed by atoms with Crippen LogP contribution in [0.25, 0.3) is 0 Å². The van der Waals surface area contributed by atoms with Crippen molar-refractivity contribution in [1.82, 2.24) is 10.2 Å². The van der Waals surface area contributed by atoms with Gasteiger partial charge in [0.05, 0.1) is 17.3 Å². The fraction of sp³-hybridized carbons (Fsp3) is 0.483. The summed E-state index contributed by atoms with van der Waals surface area (Å²) in [6.45, 7) is 15.4. The highest BCUT2D eigenvalue weighted by atomic mass is 35.5. The van der Waals surface area contributed by atoms with Crippen LogP contribution < -0.4 is 10.6 Å². The second kappa shape index (κ2) is 12.2. The van der Waals surface area contributed by atoms with E-state index in [0.717, 1.165) is 16.7 Å². The van der Waals surface area contributed by atoms with Gasteiger partial charge in [0.25, 0.3) is 5.91 Å². The van der Waals surface area contributed by atoms with E-state index in [4.69, 9.17) is 16.3 Å². The summed E-state index contributed by atoms with van der Waals surface area (Å²) in [7, 11) is 0. The number of rotatable bonds is 7. The molecule has 0 heterocycles. The van der Waals surface area contributed by atoms with Crippen molar-refractivity contribution in [3.63, 3.8) is 0 Å². The fourth-order valence-corrected chi connectivity index (χ4v) is 4.35. The molecule has 38 heavy (non-hydrogen) atoms. The van der Waals surface area contributed by atoms with E-state index in [1.54, 1.807) is 53.7 Å². The van der Waals surface area contributed by atoms with Crippen LogP contribution in [0, 0.1) is 20.8 Å². The Hall–Kier alpha value is -3.10. The monoisotopic (exact) mass is 545 g/mol. The summed E-state index contributed by atoms with van der Waals surface area (Å²) >= 11 is 6.41. The highest BCUT2D eigenvalue weighted by Gasteiger charge is 2.42. The number of nitrogens with zero attached hydrogens (tertiary/aromatic N) is 1. The summed E-state index contributed by atoms with van der Waals surface area (Å²) in [5.41, 5.74) is 1.84. The van der Waals surface area contributed by atoms with Crippen LogP contribution in [0.3, 0.4) is 0 Å². The molecule has 2 rings (SSSR count). The molecule has 2 aromatic rings. The van der Waals surface area contributed by atoms with E-state index in [9.17, 15) is 19.5 Å². The molecule has 2 atom stereocenters. The molecule has 9 heteroatoms. The maximum atomic E-state index is 14.1. The van der Waals surface area contributed by atoms with E-state index < -0.39 is 47.7 Å². The third kappa shape index (κ3) is 7.95. The number of alkyl carbamates (subject to hydrolysis) is 1. The average molecular weight is 546 g/mol. The minimum atomic E-state index is -1.34. The van der Waals surface area contributed by atoms with Crippen LogP contribution in [0.2, 0.25) is 5.02 Å². The zero-order chi connectivity index (χ0) is 29.0. The zero-order valence-corrected chi connectivity index (χ0v) is 24.5. The molecule has 2 aromatic carbocycles. The van der Waals surface area contributed by atoms with Crippen molar-refractivity contribution in [3.8, 4) is 0 Å². The predicted molar refractivity (Wildman–Crippen MR) is 150 cm³/mol. The van der Waals surface area contributed by atoms with Crippen molar-refractivity contribution in [3.05, 3.63) is 63.7 Å². The lowest BCUT2D eigenvalue weighted by molar-refractivity contribution is -0.147. The highest BCUT2D eigenvalue weighted by Crippen LogP contribution is 2.34. The molecule has 0 radical (unpaired) electrons. The Morgan fingerprint density at radius 2 is 1.63 bits per heavy atom. The van der Waals surface area contributed by atoms with Crippen LogP contribution >= 0.6 is 11.6 Å². The molecule has 0 saturated heterocycles. The first kappa shape index (κ1) is 31.1. The van der Waals surface area contributed by atoms with Crippen molar-refractivity contribution in [2.24, 2.45) is 0 Å². The number of amides is 3. The lowest BCUT2D eigenvalue weighted by Gasteiger charge is -2.43. The molecular formula is C29H40ClN3O5. The first-order valence-electron chi connectivity index (χ1n) is 12.5. The largest absolute Gasteiger partial charge is 0.444 e. The Morgan fingerprint density at radius 3 is 2.16 bits per heavy atom. The molecule has 8 nitrogen and oxygen atoms in total. The van der Waals surface area contributed by atoms with Crippen molar-refractivity contribution < 1.29 is 24.2 Å². The molecule has 0 aliphatic heterocycles. The maximum Gasteiger partial charge on any atom is 0.408 e. The van der Waals surface area contributed by atoms with Gasteiger partial charge in [0, 0.05) is 5.54 Å². The van der Waals surface area contributed by atoms with Gasteiger partial charge in [-0.2, -0.15) is 0 Å². The molecule has 0 spiro atoms. The summed E-state index contributed by atoms with van der Waals surface area (Å²) in [6, 6.07) is 8.52. The number of para-hydroxylation sites is 1. The number of carbonyl (C=O) groups excluding carboxylic acids is 3. The molecule has 0 aromatic heterocycles. The number of hydrogen-bond donors (Lipinski definition) is 3. The molecule has 0 aliphatic rings. The van der Waals surface area contributed by atoms with E-state index in [1.807, 2.05) is 45.0 Å². The Morgan fingerprint density at radius 1 is 1.00 bits per heavy atom. The normalized spacial score (nSPS) is 13.3. The van der Waals surface area contributed by atoms with Crippen molar-refractivity contribution in [2.45, 2.75) is 85.5 Å². The Bertz CT molecular complexity index is 1160. The van der Waals surface area contributed by atoms with Gasteiger partial charge in [-0.3, -0.25) is 9.59 Å². The lowest BCUT2D eigenvalue weighted by Crippen LogP contribution is -2.59. The molecule has 0 bridgehead atoms. The number of benzene rings is 2. The topological polar surface area (TPSA) is 108 Å². The van der Waals surface area contributed by atoms with Gasteiger partial charge in [-0.1, -0.05) is 47.5 Å². The lowest BCUT2D eigenvalue weighted by atomic mass is 9.92. The standard InChI is InChI=1S/C29H40ClN3O5/c1-17-13-14-18(2)20(15-17)24(25(35)32-23-19(3)11-10-12-21(23)30)33(28(4,5)6)26(36)22(16-34)31-27(37)38-29(7,8)9/h10-15,22,24,34H,16H2,1-9H3,(H,31,37)(H,32,35). The molecule has 3 N–H and O–H groups in total. The van der Waals surface area contributed by atoms with Gasteiger partial charge in [0.2, 0.25) is 5.91 Å². The molecule has 3 amide bonds. The second-order valence-corrected chi connectivity index (χ2v) is 11.9. The van der Waals surface area contributed by atoms with E-state index in [2.05, 4.69) is 10.6 Å². The summed E-state index contributed by atoms with van der Waals surface area (Å²) in [4.78, 5) is 42.0. The van der Waals surface area contributed by atoms with Crippen LogP contribution in [-0.4, -0.2) is 51.7 Å². The molecule has 0 saturated carbocycles. The third-order valence-electron chi connectivity index (χ3n) is 5.84. The van der Waals surface area contributed by atoms with Crippen LogP contribution in [0.1, 0.15) is 69.8 Å². The number of aliphatic hydroxyl groups is 1. The smallest absolute Gasteiger partial charge is 0.408 e. The average Bonchev–Trinajstić information content (AvgIpc) is 2.77. The number of aliphatic hydroxyl groups excluding tert-OH is 1. The van der Waals surface area contributed by atoms with Crippen molar-refractivity contribution >= 4 is 35.2 Å². The number of carbonyl (C=O) groups is 3. The maximum absolute atomic E-state index is 14.1. The number of hydrogen-bond acceptors (Lipinski definition) is 5. The van der Waals surface area contributed by atoms with Gasteiger partial charge in [0.1, 0.15) is 17.7 Å². The van der Waals surface area contributed by atoms with Crippen LogP contribution in [0.4, 0.5) is 10.5 Å².